The van der Waals surface area contributed by atoms with Crippen molar-refractivity contribution in [3.8, 4) is 0 Å². The van der Waals surface area contributed by atoms with Crippen LogP contribution in [0.4, 0.5) is 4.39 Å². The lowest BCUT2D eigenvalue weighted by Crippen LogP contribution is -2.67. The van der Waals surface area contributed by atoms with Crippen molar-refractivity contribution in [2.45, 2.75) is 43.3 Å². The molecule has 6 heteroatoms. The average Bonchev–Trinajstić information content (AvgIpc) is 3.19. The molecule has 0 N–H and O–H groups in total. The van der Waals surface area contributed by atoms with Crippen LogP contribution in [0.2, 0.25) is 5.04 Å². The van der Waals surface area contributed by atoms with Crippen LogP contribution < -0.4 is 10.4 Å². The van der Waals surface area contributed by atoms with Gasteiger partial charge in [-0.1, -0.05) is 99.6 Å². The summed E-state index contributed by atoms with van der Waals surface area (Å²) in [5, 5.41) is 1.76. The Balaban J connectivity index is 1.55. The third-order valence-electron chi connectivity index (χ3n) is 6.33. The Kier molecular flexibility index (Phi) is 7.60. The lowest BCUT2D eigenvalue weighted by molar-refractivity contribution is 0.0150. The average molecular weight is 495 g/mol. The molecule has 4 rings (SSSR count). The molecule has 1 fully saturated rings. The first kappa shape index (κ1) is 24.7. The smallest absolute Gasteiger partial charge is 0.338 e. The molecule has 3 atom stereocenters. The summed E-state index contributed by atoms with van der Waals surface area (Å²) in [5.74, 6) is -0.0588. The lowest BCUT2D eigenvalue weighted by Gasteiger charge is -2.43. The molecule has 178 valence electrons. The van der Waals surface area contributed by atoms with E-state index in [0.717, 1.165) is 0 Å². The maximum Gasteiger partial charge on any atom is 0.338 e. The Bertz CT molecular complexity index is 1030. The van der Waals surface area contributed by atoms with Gasteiger partial charge in [-0.2, -0.15) is 0 Å². The van der Waals surface area contributed by atoms with Crippen molar-refractivity contribution in [2.75, 3.05) is 12.4 Å². The van der Waals surface area contributed by atoms with Gasteiger partial charge in [0.05, 0.1) is 10.8 Å². The number of ether oxygens (including phenoxy) is 1. The highest BCUT2D eigenvalue weighted by atomic mass is 32.2. The minimum absolute atomic E-state index is 0.177. The first-order chi connectivity index (χ1) is 16.3. The number of benzene rings is 3. The van der Waals surface area contributed by atoms with Gasteiger partial charge in [0.15, 0.2) is 6.17 Å². The molecule has 0 aromatic heterocycles. The lowest BCUT2D eigenvalue weighted by atomic mass is 10.2. The molecule has 1 saturated heterocycles. The van der Waals surface area contributed by atoms with E-state index in [0.29, 0.717) is 11.3 Å². The molecule has 0 spiro atoms. The van der Waals surface area contributed by atoms with Crippen LogP contribution in [0.15, 0.2) is 91.0 Å². The van der Waals surface area contributed by atoms with Gasteiger partial charge in [0, 0.05) is 12.4 Å². The van der Waals surface area contributed by atoms with Crippen molar-refractivity contribution in [3.63, 3.8) is 0 Å². The molecule has 3 aromatic carbocycles. The Morgan fingerprint density at radius 3 is 1.91 bits per heavy atom. The third-order valence-corrected chi connectivity index (χ3v) is 12.7. The monoisotopic (exact) mass is 494 g/mol. The van der Waals surface area contributed by atoms with E-state index < -0.39 is 31.8 Å². The molecule has 3 aromatic rings. The molecule has 0 saturated carbocycles. The van der Waals surface area contributed by atoms with Crippen LogP contribution in [0.3, 0.4) is 0 Å². The standard InChI is InChI=1S/C28H31FO3SSi/c1-28(2,3)34(22-15-9-5-10-16-22,23-17-11-6-12-18-23)31-19-25-26(29)24(20-33-25)32-27(30)21-13-7-4-8-14-21/h4-18,24-26H,19-20H2,1-3H3/t24-,25-,26+/m0/s1. The summed E-state index contributed by atoms with van der Waals surface area (Å²) in [5.41, 5.74) is 0.437. The predicted octanol–water partition coefficient (Wildman–Crippen LogP) is 5.24. The molecule has 1 aliphatic heterocycles. The number of hydrogen-bond acceptors (Lipinski definition) is 4. The summed E-state index contributed by atoms with van der Waals surface area (Å²) in [6.07, 6.45) is -2.05. The van der Waals surface area contributed by atoms with Gasteiger partial charge in [-0.25, -0.2) is 9.18 Å². The van der Waals surface area contributed by atoms with E-state index in [1.54, 1.807) is 24.3 Å². The Labute approximate surface area is 206 Å². The van der Waals surface area contributed by atoms with Crippen LogP contribution in [0, 0.1) is 0 Å². The maximum absolute atomic E-state index is 15.4. The van der Waals surface area contributed by atoms with Gasteiger partial charge < -0.3 is 9.16 Å². The Morgan fingerprint density at radius 1 is 0.912 bits per heavy atom. The van der Waals surface area contributed by atoms with Crippen LogP contribution in [-0.2, 0) is 9.16 Å². The molecule has 1 heterocycles. The SMILES string of the molecule is CC(C)(C)[Si](OC[C@@H]1SC[C@H](OC(=O)c2ccccc2)[C@H]1F)(c1ccccc1)c1ccccc1. The van der Waals surface area contributed by atoms with Crippen LogP contribution >= 0.6 is 11.8 Å². The zero-order valence-electron chi connectivity index (χ0n) is 19.8. The first-order valence-electron chi connectivity index (χ1n) is 11.6. The summed E-state index contributed by atoms with van der Waals surface area (Å²) < 4.78 is 27.9. The largest absolute Gasteiger partial charge is 0.455 e. The van der Waals surface area contributed by atoms with Crippen molar-refractivity contribution in [1.29, 1.82) is 0 Å². The van der Waals surface area contributed by atoms with Gasteiger partial charge in [0.2, 0.25) is 0 Å². The normalized spacial score (nSPS) is 20.8. The van der Waals surface area contributed by atoms with Crippen LogP contribution in [0.5, 0.6) is 0 Å². The van der Waals surface area contributed by atoms with E-state index in [9.17, 15) is 4.79 Å². The second kappa shape index (κ2) is 10.5. The number of alkyl halides is 1. The number of halogens is 1. The van der Waals surface area contributed by atoms with Crippen LogP contribution in [-0.4, -0.2) is 44.2 Å². The van der Waals surface area contributed by atoms with Crippen molar-refractivity contribution >= 4 is 36.4 Å². The fraction of sp³-hybridized carbons (Fsp3) is 0.321. The highest BCUT2D eigenvalue weighted by Gasteiger charge is 2.51. The number of carbonyl (C=O) groups excluding carboxylic acids is 1. The second-order valence-corrected chi connectivity index (χ2v) is 15.2. The summed E-state index contributed by atoms with van der Waals surface area (Å²) in [6, 6.07) is 29.4. The highest BCUT2D eigenvalue weighted by molar-refractivity contribution is 8.00. The number of thioether (sulfide) groups is 1. The topological polar surface area (TPSA) is 35.5 Å². The Hall–Kier alpha value is -2.41. The van der Waals surface area contributed by atoms with Crippen LogP contribution in [0.25, 0.3) is 0 Å². The van der Waals surface area contributed by atoms with Crippen LogP contribution in [0.1, 0.15) is 31.1 Å². The number of carbonyl (C=O) groups is 1. The maximum atomic E-state index is 15.4. The molecule has 1 aliphatic rings. The fourth-order valence-corrected chi connectivity index (χ4v) is 10.5. The molecule has 34 heavy (non-hydrogen) atoms. The van der Waals surface area contributed by atoms with Crippen molar-refractivity contribution in [1.82, 2.24) is 0 Å². The van der Waals surface area contributed by atoms with E-state index in [1.807, 2.05) is 42.5 Å². The van der Waals surface area contributed by atoms with E-state index in [4.69, 9.17) is 9.16 Å². The molecular weight excluding hydrogens is 463 g/mol. The Morgan fingerprint density at radius 2 is 1.41 bits per heavy atom. The zero-order chi connectivity index (χ0) is 24.2. The summed E-state index contributed by atoms with van der Waals surface area (Å²) >= 11 is 1.48. The number of esters is 1. The van der Waals surface area contributed by atoms with Crippen molar-refractivity contribution in [3.05, 3.63) is 96.6 Å². The molecule has 0 unspecified atom stereocenters. The fourth-order valence-electron chi connectivity index (χ4n) is 4.63. The zero-order valence-corrected chi connectivity index (χ0v) is 21.6. The molecule has 0 amide bonds. The van der Waals surface area contributed by atoms with E-state index in [-0.39, 0.29) is 11.6 Å². The molecule has 0 radical (unpaired) electrons. The van der Waals surface area contributed by atoms with Gasteiger partial charge in [-0.15, -0.1) is 11.8 Å². The first-order valence-corrected chi connectivity index (χ1v) is 14.6. The van der Waals surface area contributed by atoms with Crippen molar-refractivity contribution in [2.24, 2.45) is 0 Å². The van der Waals surface area contributed by atoms with Gasteiger partial charge in [0.1, 0.15) is 6.10 Å². The molecular formula is C28H31FO3SSi. The van der Waals surface area contributed by atoms with Gasteiger partial charge in [-0.3, -0.25) is 0 Å². The minimum Gasteiger partial charge on any atom is -0.455 e. The van der Waals surface area contributed by atoms with Crippen molar-refractivity contribution < 1.29 is 18.3 Å². The quantitative estimate of drug-likeness (QED) is 0.332. The summed E-state index contributed by atoms with van der Waals surface area (Å²) in [7, 11) is -2.74. The molecule has 3 nitrogen and oxygen atoms in total. The third kappa shape index (κ3) is 4.99. The molecule has 0 aliphatic carbocycles. The van der Waals surface area contributed by atoms with Gasteiger partial charge >= 0.3 is 5.97 Å². The van der Waals surface area contributed by atoms with Gasteiger partial charge in [-0.05, 0) is 27.5 Å². The highest BCUT2D eigenvalue weighted by Crippen LogP contribution is 2.39. The van der Waals surface area contributed by atoms with E-state index in [1.165, 1.54) is 22.1 Å². The summed E-state index contributed by atoms with van der Waals surface area (Å²) in [4.78, 5) is 12.4. The number of rotatable bonds is 7. The molecule has 0 bridgehead atoms. The van der Waals surface area contributed by atoms with Gasteiger partial charge in [0.25, 0.3) is 8.32 Å². The summed E-state index contributed by atoms with van der Waals surface area (Å²) in [6.45, 7) is 6.88. The van der Waals surface area contributed by atoms with E-state index in [2.05, 4.69) is 45.0 Å². The number of hydrogen-bond donors (Lipinski definition) is 0. The minimum atomic E-state index is -2.74. The second-order valence-electron chi connectivity index (χ2n) is 9.60. The predicted molar refractivity (Wildman–Crippen MR) is 140 cm³/mol. The van der Waals surface area contributed by atoms with E-state index >= 15 is 4.39 Å².